The van der Waals surface area contributed by atoms with Gasteiger partial charge in [0, 0.05) is 19.6 Å². The third kappa shape index (κ3) is 4.40. The maximum absolute atomic E-state index is 8.86. The number of aliphatic hydroxyl groups is 1. The molecule has 2 saturated heterocycles. The summed E-state index contributed by atoms with van der Waals surface area (Å²) in [5.41, 5.74) is 0. The molecule has 0 radical (unpaired) electrons. The lowest BCUT2D eigenvalue weighted by atomic mass is 10.2. The second-order valence-electron chi connectivity index (χ2n) is 4.86. The predicted octanol–water partition coefficient (Wildman–Crippen LogP) is 0.641. The van der Waals surface area contributed by atoms with Crippen LogP contribution in [0.1, 0.15) is 19.8 Å². The van der Waals surface area contributed by atoms with Crippen LogP contribution in [0.2, 0.25) is 0 Å². The summed E-state index contributed by atoms with van der Waals surface area (Å²) in [5.74, 6) is 0.949. The minimum Gasteiger partial charge on any atom is -0.392 e. The smallest absolute Gasteiger partial charge is 0.0679 e. The molecule has 84 valence electrons. The standard InChI is InChI=1S/C6H13N.C5H11NO/c1-6-3-4-7(2)5-6;1-6-3-2-5(7)4-6/h6H,3-5H2,1-2H3;5,7H,2-4H2,1H3/t6-;5-/m00/s1. The van der Waals surface area contributed by atoms with Crippen molar-refractivity contribution in [3.05, 3.63) is 0 Å². The van der Waals surface area contributed by atoms with Crippen LogP contribution in [0, 0.1) is 5.92 Å². The van der Waals surface area contributed by atoms with Crippen LogP contribution in [-0.2, 0) is 0 Å². The zero-order valence-corrected chi connectivity index (χ0v) is 9.74. The molecule has 0 aromatic rings. The number of likely N-dealkylation sites (N-methyl/N-ethyl adjacent to an activating group) is 1. The Morgan fingerprint density at radius 3 is 1.71 bits per heavy atom. The van der Waals surface area contributed by atoms with Gasteiger partial charge < -0.3 is 14.9 Å². The van der Waals surface area contributed by atoms with E-state index in [0.29, 0.717) is 0 Å². The van der Waals surface area contributed by atoms with Crippen molar-refractivity contribution in [3.8, 4) is 0 Å². The van der Waals surface area contributed by atoms with E-state index in [0.717, 1.165) is 25.4 Å². The monoisotopic (exact) mass is 200 g/mol. The fraction of sp³-hybridized carbons (Fsp3) is 1.00. The molecule has 3 nitrogen and oxygen atoms in total. The van der Waals surface area contributed by atoms with E-state index in [1.54, 1.807) is 0 Å². The summed E-state index contributed by atoms with van der Waals surface area (Å²) in [5, 5.41) is 8.86. The number of hydrogen-bond donors (Lipinski definition) is 1. The second-order valence-corrected chi connectivity index (χ2v) is 4.86. The number of rotatable bonds is 0. The minimum atomic E-state index is -0.0509. The van der Waals surface area contributed by atoms with Crippen LogP contribution in [0.15, 0.2) is 0 Å². The molecule has 0 spiro atoms. The fourth-order valence-electron chi connectivity index (χ4n) is 2.07. The lowest BCUT2D eigenvalue weighted by Crippen LogP contribution is -2.15. The van der Waals surface area contributed by atoms with E-state index in [1.165, 1.54) is 19.5 Å². The van der Waals surface area contributed by atoms with E-state index < -0.39 is 0 Å². The lowest BCUT2D eigenvalue weighted by Gasteiger charge is -2.03. The summed E-state index contributed by atoms with van der Waals surface area (Å²) in [6.45, 7) is 6.84. The number of β-amino-alcohol motifs (C(OH)–C–C–N with tert-alkyl or cyclic N) is 1. The van der Waals surface area contributed by atoms with Crippen LogP contribution in [0.3, 0.4) is 0 Å². The van der Waals surface area contributed by atoms with Crippen molar-refractivity contribution in [2.45, 2.75) is 25.9 Å². The van der Waals surface area contributed by atoms with Crippen molar-refractivity contribution in [1.29, 1.82) is 0 Å². The third-order valence-corrected chi connectivity index (χ3v) is 2.99. The van der Waals surface area contributed by atoms with Crippen molar-refractivity contribution < 1.29 is 5.11 Å². The lowest BCUT2D eigenvalue weighted by molar-refractivity contribution is 0.183. The molecule has 3 heteroatoms. The number of nitrogens with zero attached hydrogens (tertiary/aromatic N) is 2. The van der Waals surface area contributed by atoms with Crippen LogP contribution in [-0.4, -0.2) is 61.3 Å². The predicted molar refractivity (Wildman–Crippen MR) is 59.4 cm³/mol. The quantitative estimate of drug-likeness (QED) is 0.622. The Hall–Kier alpha value is -0.120. The summed E-state index contributed by atoms with van der Waals surface area (Å²) in [6.07, 6.45) is 2.30. The first kappa shape index (κ1) is 12.0. The molecule has 0 bridgehead atoms. The van der Waals surface area contributed by atoms with Crippen molar-refractivity contribution >= 4 is 0 Å². The highest BCUT2D eigenvalue weighted by Gasteiger charge is 2.15. The Balaban J connectivity index is 0.000000140. The number of likely N-dealkylation sites (tertiary alicyclic amines) is 2. The maximum atomic E-state index is 8.86. The Bertz CT molecular complexity index is 129. The molecular weight excluding hydrogens is 176 g/mol. The van der Waals surface area contributed by atoms with Gasteiger partial charge in [0.15, 0.2) is 0 Å². The first-order valence-electron chi connectivity index (χ1n) is 5.63. The Kier molecular flexibility index (Phi) is 4.85. The van der Waals surface area contributed by atoms with Gasteiger partial charge in [0.05, 0.1) is 6.10 Å². The molecule has 0 unspecified atom stereocenters. The Labute approximate surface area is 87.7 Å². The first-order valence-corrected chi connectivity index (χ1v) is 5.63. The average molecular weight is 200 g/mol. The molecule has 2 rings (SSSR count). The van der Waals surface area contributed by atoms with Gasteiger partial charge in [-0.25, -0.2) is 0 Å². The molecule has 14 heavy (non-hydrogen) atoms. The molecular formula is C11H24N2O. The SMILES string of the molecule is CN1CC[C@H](O)C1.C[C@H]1CCN(C)C1. The van der Waals surface area contributed by atoms with Gasteiger partial charge in [0.2, 0.25) is 0 Å². The fourth-order valence-corrected chi connectivity index (χ4v) is 2.07. The highest BCUT2D eigenvalue weighted by Crippen LogP contribution is 2.11. The molecule has 0 saturated carbocycles. The van der Waals surface area contributed by atoms with E-state index in [4.69, 9.17) is 5.11 Å². The van der Waals surface area contributed by atoms with Crippen molar-refractivity contribution in [2.75, 3.05) is 40.3 Å². The topological polar surface area (TPSA) is 26.7 Å². The zero-order chi connectivity index (χ0) is 10.6. The van der Waals surface area contributed by atoms with Gasteiger partial charge >= 0.3 is 0 Å². The summed E-state index contributed by atoms with van der Waals surface area (Å²) in [4.78, 5) is 4.51. The molecule has 2 heterocycles. The maximum Gasteiger partial charge on any atom is 0.0679 e. The molecule has 2 aliphatic rings. The van der Waals surface area contributed by atoms with Gasteiger partial charge in [-0.2, -0.15) is 0 Å². The molecule has 0 aromatic carbocycles. The van der Waals surface area contributed by atoms with E-state index >= 15 is 0 Å². The average Bonchev–Trinajstić information content (AvgIpc) is 2.63. The molecule has 1 N–H and O–H groups in total. The molecule has 0 amide bonds. The Morgan fingerprint density at radius 2 is 1.57 bits per heavy atom. The van der Waals surface area contributed by atoms with Gasteiger partial charge in [-0.15, -0.1) is 0 Å². The summed E-state index contributed by atoms with van der Waals surface area (Å²) < 4.78 is 0. The van der Waals surface area contributed by atoms with Crippen molar-refractivity contribution in [1.82, 2.24) is 9.80 Å². The van der Waals surface area contributed by atoms with Crippen LogP contribution >= 0.6 is 0 Å². The molecule has 2 fully saturated rings. The van der Waals surface area contributed by atoms with Crippen LogP contribution < -0.4 is 0 Å². The van der Waals surface area contributed by atoms with E-state index in [1.807, 2.05) is 7.05 Å². The van der Waals surface area contributed by atoms with Gasteiger partial charge in [-0.05, 0) is 39.4 Å². The van der Waals surface area contributed by atoms with E-state index in [9.17, 15) is 0 Å². The first-order chi connectivity index (χ1) is 6.58. The number of aliphatic hydroxyl groups excluding tert-OH is 1. The van der Waals surface area contributed by atoms with Gasteiger partial charge in [-0.3, -0.25) is 0 Å². The van der Waals surface area contributed by atoms with Gasteiger partial charge in [0.1, 0.15) is 0 Å². The van der Waals surface area contributed by atoms with Gasteiger partial charge in [-0.1, -0.05) is 6.92 Å². The third-order valence-electron chi connectivity index (χ3n) is 2.99. The summed E-state index contributed by atoms with van der Waals surface area (Å²) >= 11 is 0. The van der Waals surface area contributed by atoms with Crippen molar-refractivity contribution in [3.63, 3.8) is 0 Å². The van der Waals surface area contributed by atoms with Gasteiger partial charge in [0.25, 0.3) is 0 Å². The highest BCUT2D eigenvalue weighted by atomic mass is 16.3. The molecule has 2 atom stereocenters. The highest BCUT2D eigenvalue weighted by molar-refractivity contribution is 4.70. The number of hydrogen-bond acceptors (Lipinski definition) is 3. The van der Waals surface area contributed by atoms with Crippen molar-refractivity contribution in [2.24, 2.45) is 5.92 Å². The largest absolute Gasteiger partial charge is 0.392 e. The van der Waals surface area contributed by atoms with Crippen LogP contribution in [0.5, 0.6) is 0 Å². The second kappa shape index (κ2) is 5.69. The zero-order valence-electron chi connectivity index (χ0n) is 9.74. The van der Waals surface area contributed by atoms with E-state index in [2.05, 4.69) is 23.8 Å². The molecule has 2 aliphatic heterocycles. The summed E-state index contributed by atoms with van der Waals surface area (Å²) in [6, 6.07) is 0. The molecule has 0 aliphatic carbocycles. The van der Waals surface area contributed by atoms with Crippen LogP contribution in [0.25, 0.3) is 0 Å². The normalized spacial score (nSPS) is 34.3. The minimum absolute atomic E-state index is 0.0509. The summed E-state index contributed by atoms with van der Waals surface area (Å²) in [7, 11) is 4.21. The Morgan fingerprint density at radius 1 is 1.00 bits per heavy atom. The van der Waals surface area contributed by atoms with Crippen LogP contribution in [0.4, 0.5) is 0 Å². The van der Waals surface area contributed by atoms with E-state index in [-0.39, 0.29) is 6.10 Å². The molecule has 0 aromatic heterocycles.